The summed E-state index contributed by atoms with van der Waals surface area (Å²) in [5.74, 6) is -0.950. The maximum atomic E-state index is 11.6. The lowest BCUT2D eigenvalue weighted by Gasteiger charge is -2.18. The molecule has 3 atom stereocenters. The summed E-state index contributed by atoms with van der Waals surface area (Å²) in [5.41, 5.74) is 0. The molecule has 2 aliphatic rings. The quantitative estimate of drug-likeness (QED) is 0.639. The highest BCUT2D eigenvalue weighted by atomic mass is 31.1. The number of carbonyl (C=O) groups excluding carboxylic acids is 1. The van der Waals surface area contributed by atoms with E-state index in [0.29, 0.717) is 0 Å². The fourth-order valence-corrected chi connectivity index (χ4v) is 2.04. The fraction of sp³-hybridized carbons (Fsp3) is 0.875. The van der Waals surface area contributed by atoms with Crippen LogP contribution in [0.3, 0.4) is 0 Å². The Morgan fingerprint density at radius 3 is 2.71 bits per heavy atom. The number of ether oxygens (including phenoxy) is 3. The van der Waals surface area contributed by atoms with Gasteiger partial charge in [0.05, 0.1) is 6.16 Å². The molecule has 78 valence electrons. The largest absolute Gasteiger partial charge is 0.337 e. The maximum absolute atomic E-state index is 11.6. The number of rotatable bonds is 2. The van der Waals surface area contributed by atoms with E-state index in [1.165, 1.54) is 0 Å². The minimum atomic E-state index is -0.773. The van der Waals surface area contributed by atoms with Gasteiger partial charge in [-0.3, -0.25) is 9.36 Å². The first-order valence-electron chi connectivity index (χ1n) is 4.37. The van der Waals surface area contributed by atoms with E-state index < -0.39 is 24.3 Å². The van der Waals surface area contributed by atoms with E-state index in [9.17, 15) is 9.36 Å². The second kappa shape index (κ2) is 3.35. The molecule has 0 N–H and O–H groups in total. The van der Waals surface area contributed by atoms with Crippen LogP contribution in [0.4, 0.5) is 0 Å². The van der Waals surface area contributed by atoms with Gasteiger partial charge in [-0.15, -0.1) is 0 Å². The van der Waals surface area contributed by atoms with E-state index in [4.69, 9.17) is 14.2 Å². The van der Waals surface area contributed by atoms with Gasteiger partial charge in [-0.2, -0.15) is 0 Å². The van der Waals surface area contributed by atoms with Gasteiger partial charge >= 0.3 is 0 Å². The van der Waals surface area contributed by atoms with Crippen molar-refractivity contribution in [3.63, 3.8) is 0 Å². The fourth-order valence-electron chi connectivity index (χ4n) is 1.63. The molecular formula is C8H11O5P. The SMILES string of the molecule is CC1(C)O[C@H]2O[C@H](CP=O)C(=O)[C@H]2O1. The Morgan fingerprint density at radius 1 is 1.43 bits per heavy atom. The monoisotopic (exact) mass is 218 g/mol. The van der Waals surface area contributed by atoms with Crippen LogP contribution in [-0.4, -0.2) is 36.2 Å². The lowest BCUT2D eigenvalue weighted by molar-refractivity contribution is -0.202. The molecule has 0 aromatic rings. The number of fused-ring (bicyclic) bond motifs is 1. The molecule has 0 aliphatic carbocycles. The van der Waals surface area contributed by atoms with E-state index >= 15 is 0 Å². The predicted octanol–water partition coefficient (Wildman–Crippen LogP) is 0.724. The van der Waals surface area contributed by atoms with E-state index in [-0.39, 0.29) is 20.4 Å². The Bertz CT molecular complexity index is 277. The number of Topliss-reactive ketones (excluding diaryl/α,β-unsaturated/α-hetero) is 1. The third kappa shape index (κ3) is 1.61. The van der Waals surface area contributed by atoms with Crippen molar-refractivity contribution in [3.8, 4) is 0 Å². The van der Waals surface area contributed by atoms with Crippen LogP contribution in [0, 0.1) is 0 Å². The molecule has 5 nitrogen and oxygen atoms in total. The summed E-state index contributed by atoms with van der Waals surface area (Å²) < 4.78 is 26.3. The summed E-state index contributed by atoms with van der Waals surface area (Å²) in [6.07, 6.45) is -1.78. The third-order valence-electron chi connectivity index (χ3n) is 2.19. The van der Waals surface area contributed by atoms with Gasteiger partial charge in [0, 0.05) is 0 Å². The summed E-state index contributed by atoms with van der Waals surface area (Å²) in [6.45, 7) is 3.45. The topological polar surface area (TPSA) is 61.8 Å². The molecule has 2 rings (SSSR count). The summed E-state index contributed by atoms with van der Waals surface area (Å²) >= 11 is 0. The second-order valence-electron chi connectivity index (χ2n) is 3.76. The van der Waals surface area contributed by atoms with E-state index in [2.05, 4.69) is 0 Å². The molecule has 2 saturated heterocycles. The first-order chi connectivity index (χ1) is 6.53. The smallest absolute Gasteiger partial charge is 0.196 e. The zero-order valence-corrected chi connectivity index (χ0v) is 8.82. The minimum absolute atomic E-state index is 0.102. The lowest BCUT2D eigenvalue weighted by atomic mass is 10.2. The average Bonchev–Trinajstić information content (AvgIpc) is 2.50. The predicted molar refractivity (Wildman–Crippen MR) is 46.2 cm³/mol. The molecule has 0 aromatic heterocycles. The van der Waals surface area contributed by atoms with Gasteiger partial charge in [-0.1, -0.05) is 0 Å². The first kappa shape index (κ1) is 10.2. The van der Waals surface area contributed by atoms with Crippen LogP contribution in [0.1, 0.15) is 13.8 Å². The molecule has 2 heterocycles. The minimum Gasteiger partial charge on any atom is -0.337 e. The number of ketones is 1. The van der Waals surface area contributed by atoms with Gasteiger partial charge in [-0.25, -0.2) is 0 Å². The molecule has 0 radical (unpaired) electrons. The van der Waals surface area contributed by atoms with Crippen LogP contribution < -0.4 is 0 Å². The van der Waals surface area contributed by atoms with Crippen molar-refractivity contribution in [2.24, 2.45) is 0 Å². The molecule has 14 heavy (non-hydrogen) atoms. The second-order valence-corrected chi connectivity index (χ2v) is 4.39. The molecule has 2 fully saturated rings. The van der Waals surface area contributed by atoms with Crippen molar-refractivity contribution >= 4 is 14.2 Å². The summed E-state index contributed by atoms with van der Waals surface area (Å²) in [4.78, 5) is 11.6. The highest BCUT2D eigenvalue weighted by Crippen LogP contribution is 2.35. The summed E-state index contributed by atoms with van der Waals surface area (Å²) in [5, 5.41) is 0. The standard InChI is InChI=1S/C8H11O5P/c1-8(2)12-6-5(9)4(3-14-10)11-7(6)13-8/h4,6-7H,3H2,1-2H3/t4-,6-,7-/m1/s1. The van der Waals surface area contributed by atoms with Gasteiger partial charge in [0.25, 0.3) is 0 Å². The van der Waals surface area contributed by atoms with Crippen LogP contribution in [0.15, 0.2) is 0 Å². The van der Waals surface area contributed by atoms with Crippen LogP contribution in [0.25, 0.3) is 0 Å². The zero-order valence-electron chi connectivity index (χ0n) is 7.93. The van der Waals surface area contributed by atoms with Gasteiger partial charge in [-0.05, 0) is 13.8 Å². The van der Waals surface area contributed by atoms with Crippen molar-refractivity contribution in [1.29, 1.82) is 0 Å². The number of hydrogen-bond donors (Lipinski definition) is 0. The zero-order chi connectivity index (χ0) is 10.3. The number of hydrogen-bond acceptors (Lipinski definition) is 5. The highest BCUT2D eigenvalue weighted by Gasteiger charge is 2.54. The molecule has 2 aliphatic heterocycles. The Morgan fingerprint density at radius 2 is 2.14 bits per heavy atom. The van der Waals surface area contributed by atoms with Crippen LogP contribution in [0.2, 0.25) is 0 Å². The van der Waals surface area contributed by atoms with Crippen molar-refractivity contribution in [2.45, 2.75) is 38.1 Å². The van der Waals surface area contributed by atoms with Gasteiger partial charge in [0.1, 0.15) is 6.10 Å². The molecule has 0 spiro atoms. The molecule has 0 amide bonds. The van der Waals surface area contributed by atoms with E-state index in [0.717, 1.165) is 0 Å². The average molecular weight is 218 g/mol. The molecular weight excluding hydrogens is 207 g/mol. The van der Waals surface area contributed by atoms with E-state index in [1.54, 1.807) is 13.8 Å². The van der Waals surface area contributed by atoms with Crippen molar-refractivity contribution in [1.82, 2.24) is 0 Å². The van der Waals surface area contributed by atoms with Gasteiger partial charge in [0.15, 0.2) is 32.4 Å². The van der Waals surface area contributed by atoms with Crippen LogP contribution in [-0.2, 0) is 23.6 Å². The first-order valence-corrected chi connectivity index (χ1v) is 5.37. The Kier molecular flexibility index (Phi) is 2.43. The van der Waals surface area contributed by atoms with Crippen molar-refractivity contribution in [2.75, 3.05) is 6.16 Å². The Balaban J connectivity index is 2.07. The molecule has 6 heteroatoms. The van der Waals surface area contributed by atoms with Crippen molar-refractivity contribution in [3.05, 3.63) is 0 Å². The Labute approximate surface area is 82.9 Å². The lowest BCUT2D eigenvalue weighted by Crippen LogP contribution is -2.30. The molecule has 0 aromatic carbocycles. The van der Waals surface area contributed by atoms with Crippen LogP contribution >= 0.6 is 8.46 Å². The van der Waals surface area contributed by atoms with E-state index in [1.807, 2.05) is 0 Å². The number of carbonyl (C=O) groups is 1. The normalized spacial score (nSPS) is 40.4. The Hall–Kier alpha value is -0.350. The third-order valence-corrected chi connectivity index (χ3v) is 2.68. The van der Waals surface area contributed by atoms with Gasteiger partial charge in [0.2, 0.25) is 0 Å². The molecule has 0 unspecified atom stereocenters. The van der Waals surface area contributed by atoms with Crippen LogP contribution in [0.5, 0.6) is 0 Å². The molecule has 0 bridgehead atoms. The summed E-state index contributed by atoms with van der Waals surface area (Å²) in [7, 11) is -0.102. The van der Waals surface area contributed by atoms with Gasteiger partial charge < -0.3 is 14.2 Å². The highest BCUT2D eigenvalue weighted by molar-refractivity contribution is 7.23. The van der Waals surface area contributed by atoms with Crippen molar-refractivity contribution < 1.29 is 23.6 Å². The summed E-state index contributed by atoms with van der Waals surface area (Å²) in [6, 6.07) is 0. The maximum Gasteiger partial charge on any atom is 0.196 e. The molecule has 0 saturated carbocycles.